The molecule has 0 aliphatic carbocycles. The molecule has 3 aromatic rings. The molecule has 1 aliphatic rings. The van der Waals surface area contributed by atoms with Crippen LogP contribution in [0.25, 0.3) is 11.6 Å². The minimum atomic E-state index is -0.00119. The molecule has 0 bridgehead atoms. The van der Waals surface area contributed by atoms with Crippen molar-refractivity contribution < 1.29 is 5.11 Å². The second-order valence-electron chi connectivity index (χ2n) is 4.92. The topological polar surface area (TPSA) is 70.4 Å². The SMILES string of the molecule is Oc1nc(Nc2ccccn2)sc1/C=C1\C=Nc2ccccc21. The second-order valence-corrected chi connectivity index (χ2v) is 5.95. The van der Waals surface area contributed by atoms with Gasteiger partial charge in [0.05, 0.1) is 10.6 Å². The molecule has 112 valence electrons. The van der Waals surface area contributed by atoms with Gasteiger partial charge in [-0.3, -0.25) is 4.99 Å². The number of anilines is 2. The molecular weight excluding hydrogens is 308 g/mol. The van der Waals surface area contributed by atoms with Crippen molar-refractivity contribution in [2.24, 2.45) is 4.99 Å². The molecule has 0 radical (unpaired) electrons. The van der Waals surface area contributed by atoms with Crippen molar-refractivity contribution in [3.05, 3.63) is 59.1 Å². The Balaban J connectivity index is 1.64. The number of aromatic hydroxyl groups is 1. The number of pyridine rings is 1. The van der Waals surface area contributed by atoms with Crippen molar-refractivity contribution in [3.63, 3.8) is 0 Å². The van der Waals surface area contributed by atoms with E-state index in [9.17, 15) is 5.11 Å². The Morgan fingerprint density at radius 3 is 2.83 bits per heavy atom. The van der Waals surface area contributed by atoms with Crippen molar-refractivity contribution in [2.45, 2.75) is 0 Å². The number of thiazole rings is 1. The van der Waals surface area contributed by atoms with Crippen molar-refractivity contribution >= 4 is 45.8 Å². The van der Waals surface area contributed by atoms with Gasteiger partial charge in [0, 0.05) is 23.5 Å². The van der Waals surface area contributed by atoms with Gasteiger partial charge in [-0.05, 0) is 24.3 Å². The first-order valence-corrected chi connectivity index (χ1v) is 7.84. The predicted molar refractivity (Wildman–Crippen MR) is 93.8 cm³/mol. The summed E-state index contributed by atoms with van der Waals surface area (Å²) < 4.78 is 0. The summed E-state index contributed by atoms with van der Waals surface area (Å²) in [6.07, 6.45) is 5.40. The molecular formula is C17H12N4OS. The van der Waals surface area contributed by atoms with E-state index in [1.54, 1.807) is 12.4 Å². The molecule has 0 saturated heterocycles. The van der Waals surface area contributed by atoms with Crippen molar-refractivity contribution in [2.75, 3.05) is 5.32 Å². The van der Waals surface area contributed by atoms with E-state index in [-0.39, 0.29) is 5.88 Å². The van der Waals surface area contributed by atoms with Gasteiger partial charge in [0.25, 0.3) is 0 Å². The number of allylic oxidation sites excluding steroid dienone is 1. The number of rotatable bonds is 3. The van der Waals surface area contributed by atoms with E-state index in [2.05, 4.69) is 20.3 Å². The van der Waals surface area contributed by atoms with Crippen LogP contribution in [-0.2, 0) is 0 Å². The van der Waals surface area contributed by atoms with Crippen LogP contribution in [0.5, 0.6) is 5.88 Å². The van der Waals surface area contributed by atoms with E-state index in [1.807, 2.05) is 48.5 Å². The molecule has 2 N–H and O–H groups in total. The molecule has 23 heavy (non-hydrogen) atoms. The average molecular weight is 320 g/mol. The molecule has 0 unspecified atom stereocenters. The molecule has 3 heterocycles. The van der Waals surface area contributed by atoms with E-state index < -0.39 is 0 Å². The van der Waals surface area contributed by atoms with Gasteiger partial charge >= 0.3 is 0 Å². The summed E-state index contributed by atoms with van der Waals surface area (Å²) in [5, 5.41) is 13.7. The third-order valence-corrected chi connectivity index (χ3v) is 4.29. The largest absolute Gasteiger partial charge is 0.492 e. The van der Waals surface area contributed by atoms with E-state index in [0.717, 1.165) is 16.8 Å². The second kappa shape index (κ2) is 5.66. The number of benzene rings is 1. The first-order valence-electron chi connectivity index (χ1n) is 7.02. The fourth-order valence-corrected chi connectivity index (χ4v) is 3.13. The predicted octanol–water partition coefficient (Wildman–Crippen LogP) is 4.24. The van der Waals surface area contributed by atoms with Crippen molar-refractivity contribution in [1.29, 1.82) is 0 Å². The molecule has 1 aromatic carbocycles. The van der Waals surface area contributed by atoms with Crippen LogP contribution >= 0.6 is 11.3 Å². The lowest BCUT2D eigenvalue weighted by Crippen LogP contribution is -1.90. The highest BCUT2D eigenvalue weighted by Crippen LogP contribution is 2.36. The Labute approximate surface area is 136 Å². The first-order chi connectivity index (χ1) is 11.3. The molecule has 5 nitrogen and oxygen atoms in total. The number of nitrogens with one attached hydrogen (secondary N) is 1. The Kier molecular flexibility index (Phi) is 3.36. The van der Waals surface area contributed by atoms with Gasteiger partial charge in [-0.15, -0.1) is 0 Å². The lowest BCUT2D eigenvalue weighted by molar-refractivity contribution is 0.457. The fraction of sp³-hybridized carbons (Fsp3) is 0. The Bertz CT molecular complexity index is 915. The molecule has 0 atom stereocenters. The van der Waals surface area contributed by atoms with Crippen LogP contribution in [0, 0.1) is 0 Å². The van der Waals surface area contributed by atoms with Gasteiger partial charge in [-0.25, -0.2) is 4.98 Å². The van der Waals surface area contributed by atoms with Crippen molar-refractivity contribution in [3.8, 4) is 5.88 Å². The molecule has 0 fully saturated rings. The summed E-state index contributed by atoms with van der Waals surface area (Å²) in [4.78, 5) is 13.4. The van der Waals surface area contributed by atoms with Gasteiger partial charge in [0.2, 0.25) is 5.88 Å². The lowest BCUT2D eigenvalue weighted by Gasteiger charge is -1.99. The van der Waals surface area contributed by atoms with E-state index in [0.29, 0.717) is 15.8 Å². The summed E-state index contributed by atoms with van der Waals surface area (Å²) in [5.74, 6) is 0.687. The zero-order chi connectivity index (χ0) is 15.6. The summed E-state index contributed by atoms with van der Waals surface area (Å²) in [6, 6.07) is 13.5. The minimum absolute atomic E-state index is 0.00119. The van der Waals surface area contributed by atoms with Gasteiger partial charge < -0.3 is 10.4 Å². The number of aromatic nitrogens is 2. The minimum Gasteiger partial charge on any atom is -0.492 e. The number of hydrogen-bond acceptors (Lipinski definition) is 6. The average Bonchev–Trinajstić information content (AvgIpc) is 3.13. The van der Waals surface area contributed by atoms with Gasteiger partial charge in [-0.2, -0.15) is 4.98 Å². The van der Waals surface area contributed by atoms with Crippen LogP contribution in [0.4, 0.5) is 16.6 Å². The maximum absolute atomic E-state index is 10.1. The zero-order valence-corrected chi connectivity index (χ0v) is 12.8. The summed E-state index contributed by atoms with van der Waals surface area (Å²) in [6.45, 7) is 0. The van der Waals surface area contributed by atoms with Crippen LogP contribution in [0.15, 0.2) is 53.7 Å². The number of nitrogens with zero attached hydrogens (tertiary/aromatic N) is 3. The standard InChI is InChI=1S/C17H12N4OS/c22-16-14(9-11-10-19-13-6-2-1-5-12(11)13)23-17(21-16)20-15-7-3-4-8-18-15/h1-10,22H,(H,18,20,21)/b11-9+. The molecule has 0 saturated carbocycles. The van der Waals surface area contributed by atoms with Crippen LogP contribution in [0.3, 0.4) is 0 Å². The molecule has 4 rings (SSSR count). The lowest BCUT2D eigenvalue weighted by atomic mass is 10.1. The third-order valence-electron chi connectivity index (χ3n) is 3.38. The van der Waals surface area contributed by atoms with Crippen LogP contribution < -0.4 is 5.32 Å². The number of para-hydroxylation sites is 1. The molecule has 2 aromatic heterocycles. The van der Waals surface area contributed by atoms with Crippen LogP contribution in [-0.4, -0.2) is 21.3 Å². The van der Waals surface area contributed by atoms with Gasteiger partial charge in [0.15, 0.2) is 5.13 Å². The molecule has 1 aliphatic heterocycles. The smallest absolute Gasteiger partial charge is 0.231 e. The highest BCUT2D eigenvalue weighted by Gasteiger charge is 2.14. The molecule has 0 spiro atoms. The first kappa shape index (κ1) is 13.7. The quantitative estimate of drug-likeness (QED) is 0.757. The summed E-state index contributed by atoms with van der Waals surface area (Å²) >= 11 is 1.37. The maximum Gasteiger partial charge on any atom is 0.231 e. The number of hydrogen-bond donors (Lipinski definition) is 2. The van der Waals surface area contributed by atoms with Crippen LogP contribution in [0.2, 0.25) is 0 Å². The highest BCUT2D eigenvalue weighted by molar-refractivity contribution is 7.16. The van der Waals surface area contributed by atoms with E-state index in [4.69, 9.17) is 0 Å². The molecule has 6 heteroatoms. The van der Waals surface area contributed by atoms with Crippen molar-refractivity contribution in [1.82, 2.24) is 9.97 Å². The van der Waals surface area contributed by atoms with E-state index in [1.165, 1.54) is 11.3 Å². The number of aliphatic imine (C=N–C) groups is 1. The number of fused-ring (bicyclic) bond motifs is 1. The maximum atomic E-state index is 10.1. The van der Waals surface area contributed by atoms with Crippen LogP contribution in [0.1, 0.15) is 10.4 Å². The normalized spacial score (nSPS) is 14.2. The Morgan fingerprint density at radius 1 is 1.09 bits per heavy atom. The zero-order valence-electron chi connectivity index (χ0n) is 12.0. The summed E-state index contributed by atoms with van der Waals surface area (Å²) in [7, 11) is 0. The monoisotopic (exact) mass is 320 g/mol. The Morgan fingerprint density at radius 2 is 1.96 bits per heavy atom. The molecule has 0 amide bonds. The van der Waals surface area contributed by atoms with E-state index >= 15 is 0 Å². The van der Waals surface area contributed by atoms with Gasteiger partial charge in [0.1, 0.15) is 5.82 Å². The summed E-state index contributed by atoms with van der Waals surface area (Å²) in [5.41, 5.74) is 2.96. The highest BCUT2D eigenvalue weighted by atomic mass is 32.1. The Hall–Kier alpha value is -2.99. The third kappa shape index (κ3) is 2.72. The van der Waals surface area contributed by atoms with Gasteiger partial charge in [-0.1, -0.05) is 35.6 Å². The fourth-order valence-electron chi connectivity index (χ4n) is 2.31.